The zero-order valence-corrected chi connectivity index (χ0v) is 13.1. The second-order valence-electron chi connectivity index (χ2n) is 6.58. The van der Waals surface area contributed by atoms with Gasteiger partial charge in [0.2, 0.25) is 0 Å². The molecule has 3 heterocycles. The molecular weight excluding hydrogens is 248 g/mol. The molecule has 1 N–H and O–H groups in total. The molecule has 2 atom stereocenters. The van der Waals surface area contributed by atoms with E-state index in [0.717, 1.165) is 30.4 Å². The number of aromatic nitrogens is 2. The molecule has 0 spiro atoms. The second kappa shape index (κ2) is 5.86. The fraction of sp³-hybridized carbons (Fsp3) is 0.812. The topological polar surface area (TPSA) is 33.1 Å². The van der Waals surface area contributed by atoms with Crippen LogP contribution < -0.4 is 5.32 Å². The maximum Gasteiger partial charge on any atom is 0.0596 e. The van der Waals surface area contributed by atoms with Crippen LogP contribution in [0.3, 0.4) is 0 Å². The Morgan fingerprint density at radius 3 is 2.45 bits per heavy atom. The molecule has 2 aliphatic heterocycles. The summed E-state index contributed by atoms with van der Waals surface area (Å²) in [6.45, 7) is 6.53. The summed E-state index contributed by atoms with van der Waals surface area (Å²) < 4.78 is 2.16. The van der Waals surface area contributed by atoms with Gasteiger partial charge in [-0.1, -0.05) is 0 Å². The van der Waals surface area contributed by atoms with E-state index in [1.807, 2.05) is 0 Å². The minimum Gasteiger partial charge on any atom is -0.317 e. The van der Waals surface area contributed by atoms with Gasteiger partial charge in [-0.3, -0.25) is 9.58 Å². The molecule has 4 heteroatoms. The molecule has 1 aromatic rings. The normalized spacial score (nSPS) is 30.1. The highest BCUT2D eigenvalue weighted by Crippen LogP contribution is 2.35. The smallest absolute Gasteiger partial charge is 0.0596 e. The summed E-state index contributed by atoms with van der Waals surface area (Å²) in [7, 11) is 2.11. The van der Waals surface area contributed by atoms with Crippen molar-refractivity contribution in [3.05, 3.63) is 17.5 Å². The average molecular weight is 276 g/mol. The largest absolute Gasteiger partial charge is 0.317 e. The molecule has 2 bridgehead atoms. The van der Waals surface area contributed by atoms with Gasteiger partial charge in [-0.25, -0.2) is 0 Å². The summed E-state index contributed by atoms with van der Waals surface area (Å²) in [6, 6.07) is 4.57. The number of piperidine rings is 1. The summed E-state index contributed by atoms with van der Waals surface area (Å²) in [4.78, 5) is 2.78. The van der Waals surface area contributed by atoms with Crippen LogP contribution in [-0.2, 0) is 6.54 Å². The van der Waals surface area contributed by atoms with E-state index in [1.54, 1.807) is 0 Å². The molecule has 4 nitrogen and oxygen atoms in total. The van der Waals surface area contributed by atoms with Crippen LogP contribution in [0.15, 0.2) is 6.07 Å². The Bertz CT molecular complexity index is 439. The minimum atomic E-state index is 0.750. The van der Waals surface area contributed by atoms with Crippen LogP contribution in [0.25, 0.3) is 0 Å². The van der Waals surface area contributed by atoms with Gasteiger partial charge in [0.1, 0.15) is 0 Å². The summed E-state index contributed by atoms with van der Waals surface area (Å²) in [5, 5.41) is 8.04. The van der Waals surface area contributed by atoms with Crippen LogP contribution in [0.5, 0.6) is 0 Å². The van der Waals surface area contributed by atoms with Gasteiger partial charge < -0.3 is 5.32 Å². The van der Waals surface area contributed by atoms with Crippen LogP contribution in [-0.4, -0.2) is 46.4 Å². The van der Waals surface area contributed by atoms with Gasteiger partial charge in [0.25, 0.3) is 0 Å². The molecule has 2 fully saturated rings. The van der Waals surface area contributed by atoms with Crippen molar-refractivity contribution in [2.24, 2.45) is 0 Å². The molecule has 2 aliphatic rings. The average Bonchev–Trinajstić information content (AvgIpc) is 2.85. The van der Waals surface area contributed by atoms with Gasteiger partial charge in [0.15, 0.2) is 0 Å². The molecular formula is C16H28N4. The molecule has 0 aliphatic carbocycles. The Labute approximate surface area is 122 Å². The summed E-state index contributed by atoms with van der Waals surface area (Å²) in [6.07, 6.45) is 6.71. The third kappa shape index (κ3) is 2.77. The van der Waals surface area contributed by atoms with Crippen molar-refractivity contribution in [1.29, 1.82) is 0 Å². The summed E-state index contributed by atoms with van der Waals surface area (Å²) >= 11 is 0. The number of fused-ring (bicyclic) bond motifs is 2. The zero-order chi connectivity index (χ0) is 14.1. The van der Waals surface area contributed by atoms with Crippen molar-refractivity contribution in [2.75, 3.05) is 13.6 Å². The standard InChI is InChI=1S/C16H28N4/c1-12-9-13(2)20(18-12)8-4-7-19-15-5-6-16(19)11-14(10-15)17-3/h9,14-17H,4-8,10-11H2,1-3H3. The highest BCUT2D eigenvalue weighted by Gasteiger charge is 2.39. The number of nitrogens with zero attached hydrogens (tertiary/aromatic N) is 3. The Hall–Kier alpha value is -0.870. The van der Waals surface area contributed by atoms with E-state index in [9.17, 15) is 0 Å². The molecule has 112 valence electrons. The van der Waals surface area contributed by atoms with E-state index in [-0.39, 0.29) is 0 Å². The van der Waals surface area contributed by atoms with E-state index in [1.165, 1.54) is 44.3 Å². The maximum atomic E-state index is 4.56. The van der Waals surface area contributed by atoms with Crippen molar-refractivity contribution in [3.8, 4) is 0 Å². The first-order chi connectivity index (χ1) is 9.67. The molecule has 2 saturated heterocycles. The van der Waals surface area contributed by atoms with E-state index < -0.39 is 0 Å². The summed E-state index contributed by atoms with van der Waals surface area (Å²) in [5.41, 5.74) is 2.43. The van der Waals surface area contributed by atoms with E-state index >= 15 is 0 Å². The Morgan fingerprint density at radius 1 is 1.20 bits per heavy atom. The van der Waals surface area contributed by atoms with E-state index in [4.69, 9.17) is 0 Å². The molecule has 0 aromatic carbocycles. The predicted octanol–water partition coefficient (Wildman–Crippen LogP) is 2.10. The third-order valence-electron chi connectivity index (χ3n) is 5.18. The molecule has 3 rings (SSSR count). The molecule has 0 saturated carbocycles. The fourth-order valence-electron chi connectivity index (χ4n) is 4.18. The number of nitrogens with one attached hydrogen (secondary N) is 1. The lowest BCUT2D eigenvalue weighted by atomic mass is 9.97. The SMILES string of the molecule is CNC1CC2CCC(C1)N2CCCn1nc(C)cc1C. The quantitative estimate of drug-likeness (QED) is 0.894. The molecule has 1 aromatic heterocycles. The number of hydrogen-bond donors (Lipinski definition) is 1. The van der Waals surface area contributed by atoms with Gasteiger partial charge in [-0.05, 0) is 59.1 Å². The molecule has 20 heavy (non-hydrogen) atoms. The Morgan fingerprint density at radius 2 is 1.90 bits per heavy atom. The first-order valence-corrected chi connectivity index (χ1v) is 8.11. The number of rotatable bonds is 5. The van der Waals surface area contributed by atoms with Crippen LogP contribution in [0, 0.1) is 13.8 Å². The second-order valence-corrected chi connectivity index (χ2v) is 6.58. The molecule has 0 amide bonds. The van der Waals surface area contributed by atoms with Gasteiger partial charge in [0, 0.05) is 36.9 Å². The first kappa shape index (κ1) is 14.1. The first-order valence-electron chi connectivity index (χ1n) is 8.11. The lowest BCUT2D eigenvalue weighted by Crippen LogP contribution is -2.48. The molecule has 0 radical (unpaired) electrons. The highest BCUT2D eigenvalue weighted by atomic mass is 15.3. The van der Waals surface area contributed by atoms with Gasteiger partial charge >= 0.3 is 0 Å². The van der Waals surface area contributed by atoms with Crippen LogP contribution in [0.2, 0.25) is 0 Å². The van der Waals surface area contributed by atoms with Crippen molar-refractivity contribution < 1.29 is 0 Å². The van der Waals surface area contributed by atoms with Crippen molar-refractivity contribution in [1.82, 2.24) is 20.0 Å². The van der Waals surface area contributed by atoms with Crippen molar-refractivity contribution in [3.63, 3.8) is 0 Å². The monoisotopic (exact) mass is 276 g/mol. The van der Waals surface area contributed by atoms with E-state index in [0.29, 0.717) is 0 Å². The van der Waals surface area contributed by atoms with Gasteiger partial charge in [-0.2, -0.15) is 5.10 Å². The van der Waals surface area contributed by atoms with Gasteiger partial charge in [-0.15, -0.1) is 0 Å². The Kier molecular flexibility index (Phi) is 4.13. The lowest BCUT2D eigenvalue weighted by Gasteiger charge is -2.39. The predicted molar refractivity (Wildman–Crippen MR) is 81.9 cm³/mol. The summed E-state index contributed by atoms with van der Waals surface area (Å²) in [5.74, 6) is 0. The van der Waals surface area contributed by atoms with Crippen LogP contribution in [0.1, 0.15) is 43.5 Å². The van der Waals surface area contributed by atoms with E-state index in [2.05, 4.69) is 47.0 Å². The van der Waals surface area contributed by atoms with Crippen LogP contribution in [0.4, 0.5) is 0 Å². The molecule has 2 unspecified atom stereocenters. The maximum absolute atomic E-state index is 4.56. The number of hydrogen-bond acceptors (Lipinski definition) is 3. The lowest BCUT2D eigenvalue weighted by molar-refractivity contribution is 0.116. The highest BCUT2D eigenvalue weighted by molar-refractivity contribution is 5.06. The van der Waals surface area contributed by atoms with Crippen molar-refractivity contribution in [2.45, 2.75) is 70.6 Å². The number of aryl methyl sites for hydroxylation is 3. The fourth-order valence-corrected chi connectivity index (χ4v) is 4.18. The Balaban J connectivity index is 1.51. The minimum absolute atomic E-state index is 0.750. The zero-order valence-electron chi connectivity index (χ0n) is 13.1. The van der Waals surface area contributed by atoms with Crippen molar-refractivity contribution >= 4 is 0 Å². The van der Waals surface area contributed by atoms with Gasteiger partial charge in [0.05, 0.1) is 5.69 Å². The third-order valence-corrected chi connectivity index (χ3v) is 5.18. The van der Waals surface area contributed by atoms with Crippen LogP contribution >= 0.6 is 0 Å².